The van der Waals surface area contributed by atoms with Crippen molar-refractivity contribution in [2.45, 2.75) is 19.8 Å². The standard InChI is InChI=1S/C14H16N4O/c1-10-4-2-3-5-12(10)18-9-16-13(17-18)14(19)15-8-11-6-7-11/h2-5,9,11H,6-8H2,1H3,(H,15,19). The van der Waals surface area contributed by atoms with E-state index >= 15 is 0 Å². The summed E-state index contributed by atoms with van der Waals surface area (Å²) in [5.74, 6) is 0.686. The number of benzene rings is 1. The van der Waals surface area contributed by atoms with E-state index in [4.69, 9.17) is 0 Å². The molecule has 5 heteroatoms. The van der Waals surface area contributed by atoms with Gasteiger partial charge in [-0.2, -0.15) is 0 Å². The molecule has 1 aliphatic carbocycles. The number of hydrogen-bond donors (Lipinski definition) is 1. The van der Waals surface area contributed by atoms with Crippen LogP contribution in [0.2, 0.25) is 0 Å². The normalized spacial score (nSPS) is 14.4. The fourth-order valence-electron chi connectivity index (χ4n) is 1.94. The van der Waals surface area contributed by atoms with Gasteiger partial charge in [0.25, 0.3) is 5.91 Å². The maximum absolute atomic E-state index is 11.9. The topological polar surface area (TPSA) is 59.8 Å². The van der Waals surface area contributed by atoms with Crippen molar-refractivity contribution in [3.63, 3.8) is 0 Å². The second-order valence-corrected chi connectivity index (χ2v) is 4.95. The number of nitrogens with one attached hydrogen (secondary N) is 1. The second kappa shape index (κ2) is 4.84. The minimum Gasteiger partial charge on any atom is -0.349 e. The molecule has 0 spiro atoms. The molecular formula is C14H16N4O. The summed E-state index contributed by atoms with van der Waals surface area (Å²) in [5.41, 5.74) is 2.04. The third-order valence-electron chi connectivity index (χ3n) is 3.31. The van der Waals surface area contributed by atoms with Gasteiger partial charge in [0.1, 0.15) is 6.33 Å². The smallest absolute Gasteiger partial charge is 0.290 e. The van der Waals surface area contributed by atoms with E-state index in [0.29, 0.717) is 5.92 Å². The molecule has 19 heavy (non-hydrogen) atoms. The highest BCUT2D eigenvalue weighted by atomic mass is 16.2. The first-order valence-electron chi connectivity index (χ1n) is 6.50. The third kappa shape index (κ3) is 2.65. The van der Waals surface area contributed by atoms with Gasteiger partial charge < -0.3 is 5.32 Å². The van der Waals surface area contributed by atoms with Gasteiger partial charge in [-0.05, 0) is 37.3 Å². The summed E-state index contributed by atoms with van der Waals surface area (Å²) < 4.78 is 1.64. The summed E-state index contributed by atoms with van der Waals surface area (Å²) in [7, 11) is 0. The molecule has 1 amide bonds. The molecule has 0 bridgehead atoms. The van der Waals surface area contributed by atoms with Gasteiger partial charge in [-0.3, -0.25) is 4.79 Å². The number of aryl methyl sites for hydroxylation is 1. The Hall–Kier alpha value is -2.17. The molecule has 1 heterocycles. The van der Waals surface area contributed by atoms with Crippen LogP contribution in [0.15, 0.2) is 30.6 Å². The Morgan fingerprint density at radius 2 is 2.21 bits per heavy atom. The van der Waals surface area contributed by atoms with Crippen LogP contribution in [-0.2, 0) is 0 Å². The largest absolute Gasteiger partial charge is 0.349 e. The van der Waals surface area contributed by atoms with Crippen molar-refractivity contribution >= 4 is 5.91 Å². The van der Waals surface area contributed by atoms with Crippen LogP contribution < -0.4 is 5.32 Å². The molecule has 5 nitrogen and oxygen atoms in total. The molecule has 1 aliphatic rings. The van der Waals surface area contributed by atoms with E-state index in [-0.39, 0.29) is 11.7 Å². The lowest BCUT2D eigenvalue weighted by atomic mass is 10.2. The number of carbonyl (C=O) groups is 1. The summed E-state index contributed by atoms with van der Waals surface area (Å²) in [6, 6.07) is 7.87. The average Bonchev–Trinajstić information content (AvgIpc) is 3.12. The van der Waals surface area contributed by atoms with E-state index in [0.717, 1.165) is 17.8 Å². The first-order valence-corrected chi connectivity index (χ1v) is 6.50. The zero-order chi connectivity index (χ0) is 13.2. The fourth-order valence-corrected chi connectivity index (χ4v) is 1.94. The lowest BCUT2D eigenvalue weighted by Gasteiger charge is -2.03. The molecule has 0 unspecified atom stereocenters. The van der Waals surface area contributed by atoms with E-state index in [1.165, 1.54) is 12.8 Å². The molecule has 3 rings (SSSR count). The van der Waals surface area contributed by atoms with Crippen LogP contribution in [0.4, 0.5) is 0 Å². The summed E-state index contributed by atoms with van der Waals surface area (Å²) in [6.45, 7) is 2.74. The Kier molecular flexibility index (Phi) is 3.03. The van der Waals surface area contributed by atoms with Gasteiger partial charge in [-0.25, -0.2) is 9.67 Å². The number of para-hydroxylation sites is 1. The maximum Gasteiger partial charge on any atom is 0.290 e. The predicted molar refractivity (Wildman–Crippen MR) is 71.2 cm³/mol. The number of hydrogen-bond acceptors (Lipinski definition) is 3. The Bertz CT molecular complexity index is 601. The van der Waals surface area contributed by atoms with Gasteiger partial charge in [0.05, 0.1) is 5.69 Å². The summed E-state index contributed by atoms with van der Waals surface area (Å²) in [6.07, 6.45) is 4.01. The van der Waals surface area contributed by atoms with Gasteiger partial charge in [-0.1, -0.05) is 18.2 Å². The molecule has 98 valence electrons. The van der Waals surface area contributed by atoms with Crippen molar-refractivity contribution in [1.29, 1.82) is 0 Å². The number of rotatable bonds is 4. The number of amides is 1. The van der Waals surface area contributed by atoms with E-state index in [1.54, 1.807) is 11.0 Å². The van der Waals surface area contributed by atoms with Crippen molar-refractivity contribution < 1.29 is 4.79 Å². The van der Waals surface area contributed by atoms with Gasteiger partial charge in [-0.15, -0.1) is 5.10 Å². The van der Waals surface area contributed by atoms with Crippen LogP contribution in [0.3, 0.4) is 0 Å². The van der Waals surface area contributed by atoms with Gasteiger partial charge in [0, 0.05) is 6.54 Å². The quantitative estimate of drug-likeness (QED) is 0.906. The molecular weight excluding hydrogens is 240 g/mol. The van der Waals surface area contributed by atoms with E-state index in [2.05, 4.69) is 15.4 Å². The van der Waals surface area contributed by atoms with Crippen LogP contribution in [-0.4, -0.2) is 27.2 Å². The van der Waals surface area contributed by atoms with Crippen molar-refractivity contribution in [2.24, 2.45) is 5.92 Å². The molecule has 0 atom stereocenters. The number of aromatic nitrogens is 3. The lowest BCUT2D eigenvalue weighted by molar-refractivity contribution is 0.0941. The van der Waals surface area contributed by atoms with E-state index in [9.17, 15) is 4.79 Å². The first kappa shape index (κ1) is 11.9. The zero-order valence-electron chi connectivity index (χ0n) is 10.8. The number of nitrogens with zero attached hydrogens (tertiary/aromatic N) is 3. The van der Waals surface area contributed by atoms with E-state index in [1.807, 2.05) is 31.2 Å². The molecule has 1 saturated carbocycles. The van der Waals surface area contributed by atoms with Crippen molar-refractivity contribution in [2.75, 3.05) is 6.54 Å². The first-order chi connectivity index (χ1) is 9.24. The van der Waals surface area contributed by atoms with Crippen molar-refractivity contribution in [3.05, 3.63) is 42.0 Å². The Balaban J connectivity index is 1.75. The molecule has 1 aromatic carbocycles. The van der Waals surface area contributed by atoms with Gasteiger partial charge in [0.2, 0.25) is 5.82 Å². The molecule has 1 N–H and O–H groups in total. The Morgan fingerprint density at radius 1 is 1.42 bits per heavy atom. The van der Waals surface area contributed by atoms with Crippen molar-refractivity contribution in [3.8, 4) is 5.69 Å². The second-order valence-electron chi connectivity index (χ2n) is 4.95. The molecule has 1 fully saturated rings. The van der Waals surface area contributed by atoms with Gasteiger partial charge in [0.15, 0.2) is 0 Å². The monoisotopic (exact) mass is 256 g/mol. The summed E-state index contributed by atoms with van der Waals surface area (Å²) in [5, 5.41) is 7.10. The summed E-state index contributed by atoms with van der Waals surface area (Å²) >= 11 is 0. The van der Waals surface area contributed by atoms with Crippen LogP contribution in [0.1, 0.15) is 29.0 Å². The molecule has 0 radical (unpaired) electrons. The Morgan fingerprint density at radius 3 is 2.95 bits per heavy atom. The third-order valence-corrected chi connectivity index (χ3v) is 3.31. The summed E-state index contributed by atoms with van der Waals surface area (Å²) in [4.78, 5) is 15.9. The zero-order valence-corrected chi connectivity index (χ0v) is 10.8. The lowest BCUT2D eigenvalue weighted by Crippen LogP contribution is -2.26. The van der Waals surface area contributed by atoms with Crippen LogP contribution in [0, 0.1) is 12.8 Å². The van der Waals surface area contributed by atoms with Crippen LogP contribution in [0.5, 0.6) is 0 Å². The molecule has 1 aromatic heterocycles. The molecule has 0 aliphatic heterocycles. The average molecular weight is 256 g/mol. The van der Waals surface area contributed by atoms with Crippen molar-refractivity contribution in [1.82, 2.24) is 20.1 Å². The SMILES string of the molecule is Cc1ccccc1-n1cnc(C(=O)NCC2CC2)n1. The minimum atomic E-state index is -0.195. The molecule has 2 aromatic rings. The highest BCUT2D eigenvalue weighted by molar-refractivity contribution is 5.90. The van der Waals surface area contributed by atoms with Gasteiger partial charge >= 0.3 is 0 Å². The highest BCUT2D eigenvalue weighted by Crippen LogP contribution is 2.27. The maximum atomic E-state index is 11.9. The fraction of sp³-hybridized carbons (Fsp3) is 0.357. The molecule has 0 saturated heterocycles. The Labute approximate surface area is 111 Å². The van der Waals surface area contributed by atoms with Crippen LogP contribution in [0.25, 0.3) is 5.69 Å². The minimum absolute atomic E-state index is 0.195. The predicted octanol–water partition coefficient (Wildman–Crippen LogP) is 1.72. The van der Waals surface area contributed by atoms with E-state index < -0.39 is 0 Å². The van der Waals surface area contributed by atoms with Crippen LogP contribution >= 0.6 is 0 Å². The number of carbonyl (C=O) groups excluding carboxylic acids is 1. The highest BCUT2D eigenvalue weighted by Gasteiger charge is 2.22.